The van der Waals surface area contributed by atoms with Gasteiger partial charge in [0.15, 0.2) is 0 Å². The van der Waals surface area contributed by atoms with E-state index >= 15 is 0 Å². The van der Waals surface area contributed by atoms with E-state index in [9.17, 15) is 13.2 Å². The standard InChI is InChI=1S/C20H26N2O4S/c1-5-6-14-21(2)20(23)16-8-7-9-19(15-16)27(24,25)22(3)17-10-12-18(26-4)13-11-17/h7-13,15H,5-6,14H2,1-4H3. The highest BCUT2D eigenvalue weighted by atomic mass is 32.2. The van der Waals surface area contributed by atoms with Gasteiger partial charge < -0.3 is 9.64 Å². The van der Waals surface area contributed by atoms with E-state index in [0.29, 0.717) is 23.5 Å². The second-order valence-corrected chi connectivity index (χ2v) is 8.25. The van der Waals surface area contributed by atoms with Crippen LogP contribution in [0.4, 0.5) is 5.69 Å². The molecule has 6 nitrogen and oxygen atoms in total. The van der Waals surface area contributed by atoms with Gasteiger partial charge in [0.2, 0.25) is 0 Å². The first kappa shape index (κ1) is 20.8. The summed E-state index contributed by atoms with van der Waals surface area (Å²) in [4.78, 5) is 14.2. The Morgan fingerprint density at radius 2 is 1.74 bits per heavy atom. The molecule has 0 atom stereocenters. The first-order chi connectivity index (χ1) is 12.8. The summed E-state index contributed by atoms with van der Waals surface area (Å²) in [6.45, 7) is 2.69. The van der Waals surface area contributed by atoms with Gasteiger partial charge in [0.05, 0.1) is 17.7 Å². The van der Waals surface area contributed by atoms with Crippen molar-refractivity contribution in [3.8, 4) is 5.75 Å². The molecule has 0 spiro atoms. The highest BCUT2D eigenvalue weighted by molar-refractivity contribution is 7.92. The van der Waals surface area contributed by atoms with Crippen molar-refractivity contribution in [2.45, 2.75) is 24.7 Å². The molecule has 7 heteroatoms. The summed E-state index contributed by atoms with van der Waals surface area (Å²) in [5.74, 6) is 0.458. The van der Waals surface area contributed by atoms with Crippen LogP contribution in [0.15, 0.2) is 53.4 Å². The number of ether oxygens (including phenoxy) is 1. The predicted octanol–water partition coefficient (Wildman–Crippen LogP) is 3.39. The molecule has 0 N–H and O–H groups in total. The smallest absolute Gasteiger partial charge is 0.264 e. The van der Waals surface area contributed by atoms with Crippen molar-refractivity contribution in [1.29, 1.82) is 0 Å². The Morgan fingerprint density at radius 3 is 2.33 bits per heavy atom. The zero-order chi connectivity index (χ0) is 20.0. The Labute approximate surface area is 161 Å². The molecule has 2 rings (SSSR count). The molecule has 0 aliphatic carbocycles. The minimum absolute atomic E-state index is 0.0792. The van der Waals surface area contributed by atoms with Crippen molar-refractivity contribution in [3.63, 3.8) is 0 Å². The second-order valence-electron chi connectivity index (χ2n) is 6.28. The lowest BCUT2D eigenvalue weighted by Gasteiger charge is -2.21. The molecule has 2 aromatic carbocycles. The summed E-state index contributed by atoms with van der Waals surface area (Å²) in [7, 11) is 0.973. The molecule has 0 saturated carbocycles. The lowest BCUT2D eigenvalue weighted by molar-refractivity contribution is 0.0793. The quantitative estimate of drug-likeness (QED) is 0.693. The number of carbonyl (C=O) groups excluding carboxylic acids is 1. The lowest BCUT2D eigenvalue weighted by atomic mass is 10.2. The molecule has 0 aliphatic rings. The fourth-order valence-corrected chi connectivity index (χ4v) is 3.84. The Hall–Kier alpha value is -2.54. The molecular formula is C20H26N2O4S. The zero-order valence-corrected chi connectivity index (χ0v) is 17.0. The van der Waals surface area contributed by atoms with Crippen molar-refractivity contribution in [1.82, 2.24) is 4.90 Å². The Morgan fingerprint density at radius 1 is 1.07 bits per heavy atom. The zero-order valence-electron chi connectivity index (χ0n) is 16.2. The van der Waals surface area contributed by atoms with E-state index in [-0.39, 0.29) is 10.8 Å². The Bertz CT molecular complexity index is 879. The van der Waals surface area contributed by atoms with Gasteiger partial charge in [0.25, 0.3) is 15.9 Å². The van der Waals surface area contributed by atoms with Gasteiger partial charge in [-0.15, -0.1) is 0 Å². The van der Waals surface area contributed by atoms with Crippen LogP contribution in [0.3, 0.4) is 0 Å². The highest BCUT2D eigenvalue weighted by Crippen LogP contribution is 2.25. The van der Waals surface area contributed by atoms with E-state index in [4.69, 9.17) is 4.74 Å². The number of anilines is 1. The van der Waals surface area contributed by atoms with Crippen molar-refractivity contribution in [2.24, 2.45) is 0 Å². The van der Waals surface area contributed by atoms with Gasteiger partial charge in [-0.25, -0.2) is 8.42 Å². The van der Waals surface area contributed by atoms with Crippen LogP contribution in [0, 0.1) is 0 Å². The molecule has 0 aromatic heterocycles. The maximum absolute atomic E-state index is 13.0. The van der Waals surface area contributed by atoms with Crippen LogP contribution in [-0.4, -0.2) is 47.0 Å². The number of benzene rings is 2. The molecule has 0 radical (unpaired) electrons. The van der Waals surface area contributed by atoms with Gasteiger partial charge in [-0.3, -0.25) is 9.10 Å². The summed E-state index contributed by atoms with van der Waals surface area (Å²) < 4.78 is 32.2. The van der Waals surface area contributed by atoms with Crippen LogP contribution < -0.4 is 9.04 Å². The van der Waals surface area contributed by atoms with Gasteiger partial charge in [-0.05, 0) is 48.9 Å². The van der Waals surface area contributed by atoms with Crippen molar-refractivity contribution < 1.29 is 17.9 Å². The fourth-order valence-electron chi connectivity index (χ4n) is 2.60. The molecule has 146 valence electrons. The molecule has 0 unspecified atom stereocenters. The van der Waals surface area contributed by atoms with Crippen molar-refractivity contribution in [2.75, 3.05) is 32.1 Å². The third kappa shape index (κ3) is 4.80. The van der Waals surface area contributed by atoms with Crippen molar-refractivity contribution >= 4 is 21.6 Å². The average molecular weight is 391 g/mol. The molecule has 0 heterocycles. The number of unbranched alkanes of at least 4 members (excludes halogenated alkanes) is 1. The van der Waals surface area contributed by atoms with Crippen LogP contribution in [0.25, 0.3) is 0 Å². The van der Waals surface area contributed by atoms with Crippen LogP contribution >= 0.6 is 0 Å². The summed E-state index contributed by atoms with van der Waals surface area (Å²) in [6, 6.07) is 12.9. The monoisotopic (exact) mass is 390 g/mol. The third-order valence-electron chi connectivity index (χ3n) is 4.37. The maximum atomic E-state index is 13.0. The van der Waals surface area contributed by atoms with E-state index in [1.807, 2.05) is 0 Å². The van der Waals surface area contributed by atoms with E-state index in [2.05, 4.69) is 6.92 Å². The molecular weight excluding hydrogens is 364 g/mol. The fraction of sp³-hybridized carbons (Fsp3) is 0.350. The lowest BCUT2D eigenvalue weighted by Crippen LogP contribution is -2.29. The van der Waals surface area contributed by atoms with Crippen LogP contribution in [0.5, 0.6) is 5.75 Å². The largest absolute Gasteiger partial charge is 0.497 e. The van der Waals surface area contributed by atoms with E-state index in [1.54, 1.807) is 55.5 Å². The molecule has 0 fully saturated rings. The minimum Gasteiger partial charge on any atom is -0.497 e. The van der Waals surface area contributed by atoms with Crippen LogP contribution in [-0.2, 0) is 10.0 Å². The number of rotatable bonds is 8. The van der Waals surface area contributed by atoms with Gasteiger partial charge in [-0.2, -0.15) is 0 Å². The normalized spacial score (nSPS) is 11.1. The number of sulfonamides is 1. The SMILES string of the molecule is CCCCN(C)C(=O)c1cccc(S(=O)(=O)N(C)c2ccc(OC)cc2)c1. The molecule has 1 amide bonds. The number of nitrogens with zero attached hydrogens (tertiary/aromatic N) is 2. The number of hydrogen-bond acceptors (Lipinski definition) is 4. The third-order valence-corrected chi connectivity index (χ3v) is 6.15. The summed E-state index contributed by atoms with van der Waals surface area (Å²) in [5, 5.41) is 0. The number of amides is 1. The first-order valence-corrected chi connectivity index (χ1v) is 10.2. The molecule has 0 bridgehead atoms. The number of carbonyl (C=O) groups is 1. The topological polar surface area (TPSA) is 66.9 Å². The molecule has 0 saturated heterocycles. The van der Waals surface area contributed by atoms with Gasteiger partial charge >= 0.3 is 0 Å². The molecule has 0 aliphatic heterocycles. The van der Waals surface area contributed by atoms with E-state index in [1.165, 1.54) is 23.5 Å². The number of methoxy groups -OCH3 is 1. The van der Waals surface area contributed by atoms with Crippen molar-refractivity contribution in [3.05, 3.63) is 54.1 Å². The first-order valence-electron chi connectivity index (χ1n) is 8.79. The second kappa shape index (κ2) is 8.90. The predicted molar refractivity (Wildman–Crippen MR) is 107 cm³/mol. The minimum atomic E-state index is -3.79. The van der Waals surface area contributed by atoms with Crippen LogP contribution in [0.1, 0.15) is 30.1 Å². The maximum Gasteiger partial charge on any atom is 0.264 e. The molecule has 2 aromatic rings. The van der Waals surface area contributed by atoms with Crippen LogP contribution in [0.2, 0.25) is 0 Å². The molecule has 27 heavy (non-hydrogen) atoms. The van der Waals surface area contributed by atoms with Gasteiger partial charge in [0.1, 0.15) is 5.75 Å². The highest BCUT2D eigenvalue weighted by Gasteiger charge is 2.23. The summed E-state index contributed by atoms with van der Waals surface area (Å²) in [5.41, 5.74) is 0.866. The van der Waals surface area contributed by atoms with E-state index in [0.717, 1.165) is 12.8 Å². The van der Waals surface area contributed by atoms with Gasteiger partial charge in [0, 0.05) is 26.2 Å². The number of hydrogen-bond donors (Lipinski definition) is 0. The Kier molecular flexibility index (Phi) is 6.85. The summed E-state index contributed by atoms with van der Waals surface area (Å²) in [6.07, 6.45) is 1.89. The Balaban J connectivity index is 2.29. The average Bonchev–Trinajstić information content (AvgIpc) is 2.70. The van der Waals surface area contributed by atoms with Gasteiger partial charge in [-0.1, -0.05) is 19.4 Å². The summed E-state index contributed by atoms with van der Waals surface area (Å²) >= 11 is 0. The van der Waals surface area contributed by atoms with E-state index < -0.39 is 10.0 Å².